The van der Waals surface area contributed by atoms with E-state index in [2.05, 4.69) is 5.43 Å². The number of hydrogen-bond donors (Lipinski definition) is 3. The maximum absolute atomic E-state index is 12.7. The number of nitrogens with zero attached hydrogens (tertiary/aromatic N) is 2. The van der Waals surface area contributed by atoms with Crippen LogP contribution in [0.1, 0.15) is 20.3 Å². The Balaban J connectivity index is 1.92. The predicted octanol–water partition coefficient (Wildman–Crippen LogP) is 0.160. The summed E-state index contributed by atoms with van der Waals surface area (Å²) in [5.74, 6) is -0.672. The van der Waals surface area contributed by atoms with Crippen molar-refractivity contribution >= 4 is 17.5 Å². The molecular weight excluding hydrogens is 298 g/mol. The van der Waals surface area contributed by atoms with Crippen LogP contribution < -0.4 is 5.43 Å². The predicted molar refractivity (Wildman–Crippen MR) is 82.8 cm³/mol. The van der Waals surface area contributed by atoms with Crippen LogP contribution in [-0.4, -0.2) is 56.4 Å². The van der Waals surface area contributed by atoms with Gasteiger partial charge < -0.3 is 15.1 Å². The summed E-state index contributed by atoms with van der Waals surface area (Å²) >= 11 is 0. The van der Waals surface area contributed by atoms with Crippen molar-refractivity contribution in [1.29, 1.82) is 0 Å². The lowest BCUT2D eigenvalue weighted by molar-refractivity contribution is -0.141. The van der Waals surface area contributed by atoms with Crippen LogP contribution in [0.5, 0.6) is 0 Å². The summed E-state index contributed by atoms with van der Waals surface area (Å²) in [5, 5.41) is 21.4. The largest absolute Gasteiger partial charge is 0.386 e. The van der Waals surface area contributed by atoms with Crippen LogP contribution >= 0.6 is 0 Å². The van der Waals surface area contributed by atoms with Crippen LogP contribution in [0.4, 0.5) is 5.69 Å². The van der Waals surface area contributed by atoms with E-state index in [9.17, 15) is 19.8 Å². The molecule has 4 atom stereocenters. The summed E-state index contributed by atoms with van der Waals surface area (Å²) in [6.45, 7) is 3.92. The van der Waals surface area contributed by atoms with E-state index in [1.165, 1.54) is 9.91 Å². The first-order valence-corrected chi connectivity index (χ1v) is 7.75. The summed E-state index contributed by atoms with van der Waals surface area (Å²) in [5.41, 5.74) is 3.63. The first-order chi connectivity index (χ1) is 10.9. The van der Waals surface area contributed by atoms with Crippen LogP contribution in [0.3, 0.4) is 0 Å². The van der Waals surface area contributed by atoms with Gasteiger partial charge in [0.15, 0.2) is 12.3 Å². The molecule has 23 heavy (non-hydrogen) atoms. The van der Waals surface area contributed by atoms with Gasteiger partial charge in [-0.05, 0) is 24.5 Å². The van der Waals surface area contributed by atoms with Crippen LogP contribution in [-0.2, 0) is 9.59 Å². The highest BCUT2D eigenvalue weighted by molar-refractivity contribution is 5.96. The molecule has 7 nitrogen and oxygen atoms in total. The van der Waals surface area contributed by atoms with Crippen LogP contribution in [0.2, 0.25) is 0 Å². The second kappa shape index (κ2) is 5.82. The average molecular weight is 319 g/mol. The molecule has 2 aliphatic rings. The number of hydrogen-bond acceptors (Lipinski definition) is 5. The Kier molecular flexibility index (Phi) is 3.99. The molecule has 0 unspecified atom stereocenters. The molecule has 1 aromatic carbocycles. The van der Waals surface area contributed by atoms with Crippen molar-refractivity contribution in [2.45, 2.75) is 44.7 Å². The van der Waals surface area contributed by atoms with Crippen LogP contribution in [0.15, 0.2) is 30.3 Å². The van der Waals surface area contributed by atoms with Crippen molar-refractivity contribution in [3.05, 3.63) is 30.3 Å². The van der Waals surface area contributed by atoms with Crippen molar-refractivity contribution in [1.82, 2.24) is 9.91 Å². The Bertz CT molecular complexity index is 607. The van der Waals surface area contributed by atoms with E-state index >= 15 is 0 Å². The van der Waals surface area contributed by atoms with Gasteiger partial charge >= 0.3 is 0 Å². The van der Waals surface area contributed by atoms with Gasteiger partial charge in [-0.15, -0.1) is 0 Å². The Morgan fingerprint density at radius 2 is 1.78 bits per heavy atom. The monoisotopic (exact) mass is 319 g/mol. The fourth-order valence-electron chi connectivity index (χ4n) is 3.22. The van der Waals surface area contributed by atoms with Gasteiger partial charge in [-0.3, -0.25) is 15.0 Å². The van der Waals surface area contributed by atoms with Gasteiger partial charge in [0.25, 0.3) is 11.8 Å². The molecule has 3 N–H and O–H groups in total. The lowest BCUT2D eigenvalue weighted by Crippen LogP contribution is -2.47. The van der Waals surface area contributed by atoms with Gasteiger partial charge in [0.2, 0.25) is 0 Å². The van der Waals surface area contributed by atoms with Gasteiger partial charge in [0.1, 0.15) is 12.1 Å². The SMILES string of the molecule is CC(C)C[C@H]1C(=O)N(Nc2ccccc2)[C@H]2[C@@H](O)[C@@H](O)C(=O)N21. The molecule has 124 valence electrons. The van der Waals surface area contributed by atoms with Crippen molar-refractivity contribution in [3.8, 4) is 0 Å². The summed E-state index contributed by atoms with van der Waals surface area (Å²) in [6.07, 6.45) is -3.25. The topological polar surface area (TPSA) is 93.1 Å². The van der Waals surface area contributed by atoms with Crippen molar-refractivity contribution in [2.24, 2.45) is 5.92 Å². The average Bonchev–Trinajstić information content (AvgIpc) is 2.90. The molecule has 1 aromatic rings. The number of carbonyl (C=O) groups excluding carboxylic acids is 2. The number of aliphatic hydroxyl groups is 2. The van der Waals surface area contributed by atoms with Crippen molar-refractivity contribution in [3.63, 3.8) is 0 Å². The van der Waals surface area contributed by atoms with Gasteiger partial charge in [-0.2, -0.15) is 0 Å². The Labute approximate surface area is 134 Å². The van der Waals surface area contributed by atoms with Crippen molar-refractivity contribution in [2.75, 3.05) is 5.43 Å². The fourth-order valence-corrected chi connectivity index (χ4v) is 3.22. The number of amides is 2. The Hall–Kier alpha value is -2.12. The zero-order valence-electron chi connectivity index (χ0n) is 13.1. The molecule has 2 amide bonds. The van der Waals surface area contributed by atoms with E-state index < -0.39 is 30.3 Å². The minimum absolute atomic E-state index is 0.198. The van der Waals surface area contributed by atoms with Crippen LogP contribution in [0, 0.1) is 5.92 Å². The number of rotatable bonds is 4. The molecular formula is C16H21N3O4. The molecule has 3 rings (SSSR count). The van der Waals surface area contributed by atoms with Gasteiger partial charge in [-0.25, -0.2) is 5.01 Å². The van der Waals surface area contributed by atoms with Gasteiger partial charge in [0, 0.05) is 0 Å². The maximum Gasteiger partial charge on any atom is 0.265 e. The number of fused-ring (bicyclic) bond motifs is 1. The number of nitrogens with one attached hydrogen (secondary N) is 1. The number of aliphatic hydroxyl groups excluding tert-OH is 2. The van der Waals surface area contributed by atoms with Crippen molar-refractivity contribution < 1.29 is 19.8 Å². The summed E-state index contributed by atoms with van der Waals surface area (Å²) in [6, 6.07) is 8.38. The third kappa shape index (κ3) is 2.55. The molecule has 0 saturated carbocycles. The summed E-state index contributed by atoms with van der Waals surface area (Å²) in [7, 11) is 0. The smallest absolute Gasteiger partial charge is 0.265 e. The summed E-state index contributed by atoms with van der Waals surface area (Å²) < 4.78 is 0. The zero-order valence-corrected chi connectivity index (χ0v) is 13.1. The molecule has 0 bridgehead atoms. The maximum atomic E-state index is 12.7. The van der Waals surface area contributed by atoms with E-state index in [-0.39, 0.29) is 11.8 Å². The highest BCUT2D eigenvalue weighted by Crippen LogP contribution is 2.35. The molecule has 2 fully saturated rings. The zero-order chi connectivity index (χ0) is 16.7. The van der Waals surface area contributed by atoms with Gasteiger partial charge in [0.05, 0.1) is 5.69 Å². The second-order valence-corrected chi connectivity index (χ2v) is 6.43. The van der Waals surface area contributed by atoms with E-state index in [0.717, 1.165) is 0 Å². The fraction of sp³-hybridized carbons (Fsp3) is 0.500. The number of hydrazine groups is 1. The highest BCUT2D eigenvalue weighted by atomic mass is 16.4. The van der Waals surface area contributed by atoms with Gasteiger partial charge in [-0.1, -0.05) is 32.0 Å². The number of carbonyl (C=O) groups is 2. The molecule has 2 heterocycles. The Morgan fingerprint density at radius 3 is 2.39 bits per heavy atom. The molecule has 2 aliphatic heterocycles. The number of para-hydroxylation sites is 1. The van der Waals surface area contributed by atoms with E-state index in [1.54, 1.807) is 12.1 Å². The normalized spacial score (nSPS) is 30.3. The third-order valence-corrected chi connectivity index (χ3v) is 4.26. The third-order valence-electron chi connectivity index (χ3n) is 4.26. The molecule has 0 spiro atoms. The number of anilines is 1. The van der Waals surface area contributed by atoms with E-state index in [4.69, 9.17) is 0 Å². The summed E-state index contributed by atoms with van der Waals surface area (Å²) in [4.78, 5) is 26.3. The molecule has 2 saturated heterocycles. The lowest BCUT2D eigenvalue weighted by Gasteiger charge is -2.27. The second-order valence-electron chi connectivity index (χ2n) is 6.43. The quantitative estimate of drug-likeness (QED) is 0.735. The molecule has 0 radical (unpaired) electrons. The first-order valence-electron chi connectivity index (χ1n) is 7.75. The molecule has 0 aliphatic carbocycles. The number of benzene rings is 1. The molecule has 7 heteroatoms. The van der Waals surface area contributed by atoms with E-state index in [1.807, 2.05) is 32.0 Å². The Morgan fingerprint density at radius 1 is 1.13 bits per heavy atom. The minimum Gasteiger partial charge on any atom is -0.386 e. The van der Waals surface area contributed by atoms with E-state index in [0.29, 0.717) is 12.1 Å². The minimum atomic E-state index is -1.50. The highest BCUT2D eigenvalue weighted by Gasteiger charge is 2.60. The lowest BCUT2D eigenvalue weighted by atomic mass is 10.0. The standard InChI is InChI=1S/C16H21N3O4/c1-9(2)8-11-15(22)19(17-10-6-4-3-5-7-10)14-12(20)13(21)16(23)18(11)14/h3-7,9,11-14,17,20-21H,8H2,1-2H3/t11-,12-,13+,14-/m0/s1. The first kappa shape index (κ1) is 15.8. The molecule has 0 aromatic heterocycles. The van der Waals surface area contributed by atoms with Crippen LogP contribution in [0.25, 0.3) is 0 Å².